The topological polar surface area (TPSA) is 84.2 Å². The molecule has 0 aliphatic rings. The molecule has 1 rings (SSSR count). The zero-order valence-electron chi connectivity index (χ0n) is 10.5. The third-order valence-corrected chi connectivity index (χ3v) is 3.60. The van der Waals surface area contributed by atoms with Crippen LogP contribution in [0, 0.1) is 0 Å². The molecule has 0 radical (unpaired) electrons. The van der Waals surface area contributed by atoms with E-state index in [1.54, 1.807) is 18.2 Å². The van der Waals surface area contributed by atoms with E-state index in [0.29, 0.717) is 17.3 Å². The number of nitrogen functional groups attached to an aromatic ring is 1. The standard InChI is InChI=1S/C12H16ClN3O2S/c1-2-5-15-12(18)16-11(17)7-19-10-4-3-8(14)6-9(10)13/h3-4,6H,2,5,7,14H2,1H3,(H2,15,16,17,18). The van der Waals surface area contributed by atoms with E-state index in [4.69, 9.17) is 17.3 Å². The predicted octanol–water partition coefficient (Wildman–Crippen LogP) is 2.25. The minimum atomic E-state index is -0.476. The van der Waals surface area contributed by atoms with Crippen LogP contribution < -0.4 is 16.4 Å². The summed E-state index contributed by atoms with van der Waals surface area (Å²) in [6.07, 6.45) is 0.817. The number of imide groups is 1. The fraction of sp³-hybridized carbons (Fsp3) is 0.333. The van der Waals surface area contributed by atoms with Gasteiger partial charge in [-0.05, 0) is 24.6 Å². The van der Waals surface area contributed by atoms with Crippen LogP contribution in [-0.2, 0) is 4.79 Å². The molecule has 4 N–H and O–H groups in total. The number of hydrogen-bond acceptors (Lipinski definition) is 4. The monoisotopic (exact) mass is 301 g/mol. The smallest absolute Gasteiger partial charge is 0.321 e. The Morgan fingerprint density at radius 2 is 2.16 bits per heavy atom. The van der Waals surface area contributed by atoms with Crippen molar-refractivity contribution in [1.29, 1.82) is 0 Å². The van der Waals surface area contributed by atoms with E-state index < -0.39 is 6.03 Å². The van der Waals surface area contributed by atoms with Crippen LogP contribution in [0.1, 0.15) is 13.3 Å². The van der Waals surface area contributed by atoms with Crippen molar-refractivity contribution in [1.82, 2.24) is 10.6 Å². The number of anilines is 1. The van der Waals surface area contributed by atoms with Crippen LogP contribution >= 0.6 is 23.4 Å². The number of benzene rings is 1. The molecule has 0 saturated heterocycles. The predicted molar refractivity (Wildman–Crippen MR) is 78.4 cm³/mol. The zero-order valence-corrected chi connectivity index (χ0v) is 12.1. The summed E-state index contributed by atoms with van der Waals surface area (Å²) in [6.45, 7) is 2.47. The van der Waals surface area contributed by atoms with Crippen molar-refractivity contribution in [3.05, 3.63) is 23.2 Å². The highest BCUT2D eigenvalue weighted by Gasteiger charge is 2.09. The molecule has 0 aliphatic carbocycles. The molecular weight excluding hydrogens is 286 g/mol. The molecule has 7 heteroatoms. The minimum absolute atomic E-state index is 0.114. The van der Waals surface area contributed by atoms with Gasteiger partial charge in [0.15, 0.2) is 0 Å². The van der Waals surface area contributed by atoms with E-state index >= 15 is 0 Å². The lowest BCUT2D eigenvalue weighted by molar-refractivity contribution is -0.117. The second kappa shape index (κ2) is 7.91. The molecule has 0 unspecified atom stereocenters. The summed E-state index contributed by atoms with van der Waals surface area (Å²) in [5.74, 6) is -0.255. The number of carbonyl (C=O) groups is 2. The molecule has 0 heterocycles. The zero-order chi connectivity index (χ0) is 14.3. The van der Waals surface area contributed by atoms with Gasteiger partial charge in [0.2, 0.25) is 5.91 Å². The Kier molecular flexibility index (Phi) is 6.52. The Morgan fingerprint density at radius 3 is 2.79 bits per heavy atom. The maximum Gasteiger partial charge on any atom is 0.321 e. The lowest BCUT2D eigenvalue weighted by atomic mass is 10.3. The fourth-order valence-corrected chi connectivity index (χ4v) is 2.30. The molecule has 0 bridgehead atoms. The van der Waals surface area contributed by atoms with Crippen molar-refractivity contribution in [3.8, 4) is 0 Å². The molecule has 0 aliphatic heterocycles. The number of urea groups is 1. The number of carbonyl (C=O) groups excluding carboxylic acids is 2. The summed E-state index contributed by atoms with van der Waals surface area (Å²) in [5, 5.41) is 5.29. The molecule has 0 fully saturated rings. The van der Waals surface area contributed by atoms with Crippen molar-refractivity contribution >= 4 is 41.0 Å². The van der Waals surface area contributed by atoms with Gasteiger partial charge < -0.3 is 11.1 Å². The lowest BCUT2D eigenvalue weighted by Crippen LogP contribution is -2.40. The highest BCUT2D eigenvalue weighted by Crippen LogP contribution is 2.28. The molecule has 5 nitrogen and oxygen atoms in total. The van der Waals surface area contributed by atoms with Crippen molar-refractivity contribution in [2.24, 2.45) is 0 Å². The van der Waals surface area contributed by atoms with E-state index in [-0.39, 0.29) is 11.7 Å². The van der Waals surface area contributed by atoms with E-state index in [1.807, 2.05) is 6.92 Å². The lowest BCUT2D eigenvalue weighted by Gasteiger charge is -2.06. The van der Waals surface area contributed by atoms with Crippen molar-refractivity contribution in [2.75, 3.05) is 18.0 Å². The van der Waals surface area contributed by atoms with Gasteiger partial charge in [-0.3, -0.25) is 10.1 Å². The van der Waals surface area contributed by atoms with Crippen LogP contribution in [0.15, 0.2) is 23.1 Å². The summed E-state index contributed by atoms with van der Waals surface area (Å²) < 4.78 is 0. The number of hydrogen-bond donors (Lipinski definition) is 3. The van der Waals surface area contributed by atoms with E-state index in [0.717, 1.165) is 11.3 Å². The molecule has 1 aromatic rings. The van der Waals surface area contributed by atoms with Crippen LogP contribution in [-0.4, -0.2) is 24.2 Å². The maximum atomic E-state index is 11.5. The van der Waals surface area contributed by atoms with Gasteiger partial charge >= 0.3 is 6.03 Å². The SMILES string of the molecule is CCCNC(=O)NC(=O)CSc1ccc(N)cc1Cl. The quantitative estimate of drug-likeness (QED) is 0.575. The van der Waals surface area contributed by atoms with Gasteiger partial charge in [-0.25, -0.2) is 4.79 Å². The van der Waals surface area contributed by atoms with Gasteiger partial charge in [0.25, 0.3) is 0 Å². The first-order valence-electron chi connectivity index (χ1n) is 5.78. The molecule has 0 aromatic heterocycles. The van der Waals surface area contributed by atoms with Gasteiger partial charge in [0.1, 0.15) is 0 Å². The van der Waals surface area contributed by atoms with E-state index in [1.165, 1.54) is 11.8 Å². The Labute approximate surface area is 121 Å². The van der Waals surface area contributed by atoms with Gasteiger partial charge in [0.05, 0.1) is 10.8 Å². The average molecular weight is 302 g/mol. The summed E-state index contributed by atoms with van der Waals surface area (Å²) in [4.78, 5) is 23.5. The minimum Gasteiger partial charge on any atom is -0.399 e. The van der Waals surface area contributed by atoms with Crippen LogP contribution in [0.4, 0.5) is 10.5 Å². The summed E-state index contributed by atoms with van der Waals surface area (Å²) in [6, 6.07) is 4.60. The van der Waals surface area contributed by atoms with Crippen LogP contribution in [0.2, 0.25) is 5.02 Å². The first-order valence-corrected chi connectivity index (χ1v) is 7.14. The molecule has 1 aromatic carbocycles. The summed E-state index contributed by atoms with van der Waals surface area (Å²) in [7, 11) is 0. The molecule has 0 saturated carbocycles. The Bertz CT molecular complexity index is 468. The van der Waals surface area contributed by atoms with E-state index in [2.05, 4.69) is 10.6 Å². The number of thioether (sulfide) groups is 1. The van der Waals surface area contributed by atoms with Gasteiger partial charge in [-0.15, -0.1) is 11.8 Å². The number of amides is 3. The first kappa shape index (κ1) is 15.7. The van der Waals surface area contributed by atoms with Crippen LogP contribution in [0.3, 0.4) is 0 Å². The summed E-state index contributed by atoms with van der Waals surface area (Å²) >= 11 is 7.23. The summed E-state index contributed by atoms with van der Waals surface area (Å²) in [5.41, 5.74) is 6.14. The Hall–Kier alpha value is -1.40. The van der Waals surface area contributed by atoms with Crippen LogP contribution in [0.5, 0.6) is 0 Å². The Morgan fingerprint density at radius 1 is 1.42 bits per heavy atom. The molecule has 19 heavy (non-hydrogen) atoms. The third-order valence-electron chi connectivity index (χ3n) is 2.10. The molecule has 0 atom stereocenters. The fourth-order valence-electron chi connectivity index (χ4n) is 1.22. The molecular formula is C12H16ClN3O2S. The van der Waals surface area contributed by atoms with E-state index in [9.17, 15) is 9.59 Å². The molecule has 3 amide bonds. The van der Waals surface area contributed by atoms with Gasteiger partial charge in [-0.1, -0.05) is 18.5 Å². The van der Waals surface area contributed by atoms with Gasteiger partial charge in [0, 0.05) is 17.1 Å². The van der Waals surface area contributed by atoms with Crippen molar-refractivity contribution < 1.29 is 9.59 Å². The number of halogens is 1. The number of nitrogens with two attached hydrogens (primary N) is 1. The average Bonchev–Trinajstić information content (AvgIpc) is 2.35. The van der Waals surface area contributed by atoms with Crippen LogP contribution in [0.25, 0.3) is 0 Å². The first-order chi connectivity index (χ1) is 9.02. The number of rotatable bonds is 5. The highest BCUT2D eigenvalue weighted by molar-refractivity contribution is 8.00. The maximum absolute atomic E-state index is 11.5. The van der Waals surface area contributed by atoms with Crippen molar-refractivity contribution in [2.45, 2.75) is 18.2 Å². The second-order valence-corrected chi connectivity index (χ2v) is 5.21. The third kappa shape index (κ3) is 5.85. The van der Waals surface area contributed by atoms with Crippen molar-refractivity contribution in [3.63, 3.8) is 0 Å². The largest absolute Gasteiger partial charge is 0.399 e. The highest BCUT2D eigenvalue weighted by atomic mass is 35.5. The van der Waals surface area contributed by atoms with Gasteiger partial charge in [-0.2, -0.15) is 0 Å². The molecule has 104 valence electrons. The Balaban J connectivity index is 2.39. The normalized spacial score (nSPS) is 10.0. The molecule has 0 spiro atoms. The number of nitrogens with one attached hydrogen (secondary N) is 2. The second-order valence-electron chi connectivity index (χ2n) is 3.78.